The van der Waals surface area contributed by atoms with Crippen LogP contribution in [0.3, 0.4) is 0 Å². The van der Waals surface area contributed by atoms with Crippen LogP contribution in [0.5, 0.6) is 0 Å². The summed E-state index contributed by atoms with van der Waals surface area (Å²) >= 11 is 3.45. The number of ether oxygens (including phenoxy) is 1. The van der Waals surface area contributed by atoms with Crippen LogP contribution in [0.4, 0.5) is 4.79 Å². The molecule has 0 saturated carbocycles. The van der Waals surface area contributed by atoms with Crippen LogP contribution in [0.1, 0.15) is 39.2 Å². The van der Waals surface area contributed by atoms with Gasteiger partial charge in [-0.05, 0) is 76.3 Å². The quantitative estimate of drug-likeness (QED) is 0.481. The van der Waals surface area contributed by atoms with Crippen LogP contribution < -0.4 is 5.56 Å². The summed E-state index contributed by atoms with van der Waals surface area (Å²) in [5.41, 5.74) is 0.887. The Labute approximate surface area is 195 Å². The summed E-state index contributed by atoms with van der Waals surface area (Å²) in [5.74, 6) is 1.21. The highest BCUT2D eigenvalue weighted by atomic mass is 79.9. The van der Waals surface area contributed by atoms with E-state index in [1.807, 2.05) is 45.9 Å². The average Bonchev–Trinajstić information content (AvgIpc) is 3.15. The Morgan fingerprint density at radius 1 is 1.31 bits per heavy atom. The van der Waals surface area contributed by atoms with Gasteiger partial charge in [-0.15, -0.1) is 0 Å². The van der Waals surface area contributed by atoms with Gasteiger partial charge in [0.15, 0.2) is 11.6 Å². The third kappa shape index (κ3) is 4.75. The van der Waals surface area contributed by atoms with E-state index in [0.717, 1.165) is 22.9 Å². The number of amides is 1. The van der Waals surface area contributed by atoms with Crippen LogP contribution in [0.2, 0.25) is 0 Å². The molecule has 0 bridgehead atoms. The molecule has 1 amide bonds. The topological polar surface area (TPSA) is 77.6 Å². The molecule has 8 heteroatoms. The van der Waals surface area contributed by atoms with Crippen molar-refractivity contribution < 1.29 is 13.9 Å². The SMILES string of the molecule is Cc1ccoc1-c1nc2ccc(Br)cc2c(=O)n1CC1CCCN(C(=O)OC(C)(C)C)C1. The fraction of sp³-hybridized carbons (Fsp3) is 0.458. The number of hydrogen-bond acceptors (Lipinski definition) is 5. The molecule has 1 aliphatic rings. The van der Waals surface area contributed by atoms with E-state index in [4.69, 9.17) is 14.1 Å². The van der Waals surface area contributed by atoms with Crippen molar-refractivity contribution in [3.05, 3.63) is 50.9 Å². The highest BCUT2D eigenvalue weighted by Crippen LogP contribution is 2.27. The monoisotopic (exact) mass is 501 g/mol. The number of carbonyl (C=O) groups is 1. The third-order valence-electron chi connectivity index (χ3n) is 5.59. The standard InChI is InChI=1S/C24H28BrN3O4/c1-15-9-11-31-20(15)21-26-19-8-7-17(25)12-18(19)22(29)28(21)14-16-6-5-10-27(13-16)23(30)32-24(2,3)4/h7-9,11-12,16H,5-6,10,13-14H2,1-4H3. The molecule has 0 aliphatic carbocycles. The smallest absolute Gasteiger partial charge is 0.410 e. The number of halogens is 1. The van der Waals surface area contributed by atoms with Gasteiger partial charge in [-0.2, -0.15) is 0 Å². The van der Waals surface area contributed by atoms with Crippen molar-refractivity contribution in [2.75, 3.05) is 13.1 Å². The number of hydrogen-bond donors (Lipinski definition) is 0. The van der Waals surface area contributed by atoms with Crippen molar-refractivity contribution in [2.24, 2.45) is 5.92 Å². The molecule has 0 N–H and O–H groups in total. The largest absolute Gasteiger partial charge is 0.461 e. The number of furan rings is 1. The van der Waals surface area contributed by atoms with Crippen molar-refractivity contribution in [1.29, 1.82) is 0 Å². The minimum Gasteiger partial charge on any atom is -0.461 e. The van der Waals surface area contributed by atoms with Gasteiger partial charge in [-0.25, -0.2) is 9.78 Å². The summed E-state index contributed by atoms with van der Waals surface area (Å²) < 4.78 is 13.8. The van der Waals surface area contributed by atoms with Gasteiger partial charge in [0.1, 0.15) is 5.60 Å². The molecule has 170 valence electrons. The van der Waals surface area contributed by atoms with E-state index in [0.29, 0.717) is 42.1 Å². The Balaban J connectivity index is 1.70. The lowest BCUT2D eigenvalue weighted by Gasteiger charge is -2.34. The number of benzene rings is 1. The molecule has 7 nitrogen and oxygen atoms in total. The third-order valence-corrected chi connectivity index (χ3v) is 6.09. The molecule has 0 radical (unpaired) electrons. The minimum atomic E-state index is -0.541. The summed E-state index contributed by atoms with van der Waals surface area (Å²) in [7, 11) is 0. The van der Waals surface area contributed by atoms with Crippen LogP contribution in [-0.2, 0) is 11.3 Å². The lowest BCUT2D eigenvalue weighted by molar-refractivity contribution is 0.0157. The van der Waals surface area contributed by atoms with E-state index in [-0.39, 0.29) is 17.6 Å². The van der Waals surface area contributed by atoms with Crippen molar-refractivity contribution >= 4 is 32.9 Å². The zero-order chi connectivity index (χ0) is 23.0. The lowest BCUT2D eigenvalue weighted by Crippen LogP contribution is -2.44. The molecule has 1 unspecified atom stereocenters. The fourth-order valence-corrected chi connectivity index (χ4v) is 4.46. The van der Waals surface area contributed by atoms with Crippen LogP contribution in [-0.4, -0.2) is 39.2 Å². The van der Waals surface area contributed by atoms with Gasteiger partial charge in [-0.1, -0.05) is 15.9 Å². The fourth-order valence-electron chi connectivity index (χ4n) is 4.10. The summed E-state index contributed by atoms with van der Waals surface area (Å²) in [6.07, 6.45) is 3.08. The molecular weight excluding hydrogens is 474 g/mol. The van der Waals surface area contributed by atoms with E-state index in [2.05, 4.69) is 15.9 Å². The van der Waals surface area contributed by atoms with E-state index < -0.39 is 5.60 Å². The molecule has 2 aromatic heterocycles. The second-order valence-electron chi connectivity index (χ2n) is 9.38. The second kappa shape index (κ2) is 8.73. The Bertz CT molecular complexity index is 1210. The zero-order valence-electron chi connectivity index (χ0n) is 18.9. The number of carbonyl (C=O) groups excluding carboxylic acids is 1. The van der Waals surface area contributed by atoms with Crippen molar-refractivity contribution in [3.8, 4) is 11.6 Å². The Kier molecular flexibility index (Phi) is 6.16. The number of aromatic nitrogens is 2. The number of nitrogens with zero attached hydrogens (tertiary/aromatic N) is 3. The Morgan fingerprint density at radius 3 is 2.78 bits per heavy atom. The number of piperidine rings is 1. The van der Waals surface area contributed by atoms with Gasteiger partial charge < -0.3 is 14.1 Å². The Hall–Kier alpha value is -2.61. The first-order chi connectivity index (χ1) is 15.1. The van der Waals surface area contributed by atoms with Gasteiger partial charge in [-0.3, -0.25) is 9.36 Å². The van der Waals surface area contributed by atoms with Crippen molar-refractivity contribution in [1.82, 2.24) is 14.5 Å². The molecule has 1 saturated heterocycles. The molecule has 3 aromatic rings. The van der Waals surface area contributed by atoms with E-state index in [9.17, 15) is 9.59 Å². The van der Waals surface area contributed by atoms with Crippen LogP contribution in [0.25, 0.3) is 22.5 Å². The first kappa shape index (κ1) is 22.6. The minimum absolute atomic E-state index is 0.106. The molecule has 1 atom stereocenters. The summed E-state index contributed by atoms with van der Waals surface area (Å²) in [4.78, 5) is 32.7. The van der Waals surface area contributed by atoms with E-state index >= 15 is 0 Å². The number of likely N-dealkylation sites (tertiary alicyclic amines) is 1. The Morgan fingerprint density at radius 2 is 2.09 bits per heavy atom. The molecule has 32 heavy (non-hydrogen) atoms. The van der Waals surface area contributed by atoms with E-state index in [1.165, 1.54) is 0 Å². The number of rotatable bonds is 3. The van der Waals surface area contributed by atoms with Gasteiger partial charge in [0, 0.05) is 24.1 Å². The first-order valence-corrected chi connectivity index (χ1v) is 11.6. The predicted molar refractivity (Wildman–Crippen MR) is 127 cm³/mol. The first-order valence-electron chi connectivity index (χ1n) is 10.8. The number of fused-ring (bicyclic) bond motifs is 1. The normalized spacial score (nSPS) is 17.0. The van der Waals surface area contributed by atoms with Gasteiger partial charge in [0.2, 0.25) is 0 Å². The maximum absolute atomic E-state index is 13.5. The second-order valence-corrected chi connectivity index (χ2v) is 10.3. The molecule has 3 heterocycles. The van der Waals surface area contributed by atoms with Crippen molar-refractivity contribution in [2.45, 2.75) is 52.7 Å². The summed E-state index contributed by atoms with van der Waals surface area (Å²) in [5, 5.41) is 0.548. The summed E-state index contributed by atoms with van der Waals surface area (Å²) in [6.45, 7) is 9.17. The predicted octanol–water partition coefficient (Wildman–Crippen LogP) is 5.37. The highest BCUT2D eigenvalue weighted by molar-refractivity contribution is 9.10. The summed E-state index contributed by atoms with van der Waals surface area (Å²) in [6, 6.07) is 7.37. The molecular formula is C24H28BrN3O4. The maximum atomic E-state index is 13.5. The highest BCUT2D eigenvalue weighted by Gasteiger charge is 2.29. The molecule has 0 spiro atoms. The van der Waals surface area contributed by atoms with Crippen LogP contribution >= 0.6 is 15.9 Å². The van der Waals surface area contributed by atoms with Crippen molar-refractivity contribution in [3.63, 3.8) is 0 Å². The van der Waals surface area contributed by atoms with Crippen LogP contribution in [0, 0.1) is 12.8 Å². The molecule has 1 fully saturated rings. The molecule has 1 aliphatic heterocycles. The van der Waals surface area contributed by atoms with Gasteiger partial charge in [0.05, 0.1) is 17.2 Å². The average molecular weight is 502 g/mol. The number of aryl methyl sites for hydroxylation is 1. The molecule has 4 rings (SSSR count). The lowest BCUT2D eigenvalue weighted by atomic mass is 9.98. The zero-order valence-corrected chi connectivity index (χ0v) is 20.4. The van der Waals surface area contributed by atoms with E-state index in [1.54, 1.807) is 21.8 Å². The van der Waals surface area contributed by atoms with Gasteiger partial charge >= 0.3 is 6.09 Å². The van der Waals surface area contributed by atoms with Crippen LogP contribution in [0.15, 0.2) is 44.2 Å². The maximum Gasteiger partial charge on any atom is 0.410 e. The van der Waals surface area contributed by atoms with Gasteiger partial charge in [0.25, 0.3) is 5.56 Å². The molecule has 1 aromatic carbocycles.